The van der Waals surface area contributed by atoms with Crippen LogP contribution in [0.3, 0.4) is 0 Å². The number of rotatable bonds is 9. The zero-order chi connectivity index (χ0) is 23.3. The number of carbonyl (C=O) groups is 2. The zero-order valence-corrected chi connectivity index (χ0v) is 20.2. The number of nitrogens with one attached hydrogen (secondary N) is 2. The first-order valence-electron chi connectivity index (χ1n) is 9.75. The molecule has 0 atom stereocenters. The van der Waals surface area contributed by atoms with E-state index in [0.717, 1.165) is 32.1 Å². The number of hydrogen-bond donors (Lipinski definition) is 2. The van der Waals surface area contributed by atoms with Crippen molar-refractivity contribution in [2.75, 3.05) is 22.1 Å². The Morgan fingerprint density at radius 3 is 2.62 bits per heavy atom. The lowest BCUT2D eigenvalue weighted by Gasteiger charge is -2.08. The van der Waals surface area contributed by atoms with Gasteiger partial charge < -0.3 is 10.6 Å². The minimum Gasteiger partial charge on any atom is -0.322 e. The van der Waals surface area contributed by atoms with Crippen LogP contribution in [0.1, 0.15) is 31.1 Å². The Labute approximate surface area is 197 Å². The molecule has 168 valence electrons. The smallest absolute Gasteiger partial charge is 0.293 e. The summed E-state index contributed by atoms with van der Waals surface area (Å²) < 4.78 is 1.94. The summed E-state index contributed by atoms with van der Waals surface area (Å²) in [7, 11) is 0. The fraction of sp³-hybridized carbons (Fsp3) is 0.286. The second-order valence-electron chi connectivity index (χ2n) is 7.05. The van der Waals surface area contributed by atoms with E-state index in [9.17, 15) is 19.7 Å². The van der Waals surface area contributed by atoms with E-state index in [0.29, 0.717) is 10.9 Å². The largest absolute Gasteiger partial charge is 0.322 e. The van der Waals surface area contributed by atoms with E-state index < -0.39 is 16.7 Å². The van der Waals surface area contributed by atoms with Crippen molar-refractivity contribution in [3.8, 4) is 0 Å². The molecule has 0 aliphatic heterocycles. The molecule has 3 rings (SSSR count). The number of fused-ring (bicyclic) bond motifs is 1. The van der Waals surface area contributed by atoms with Gasteiger partial charge >= 0.3 is 0 Å². The number of nitro benzene ring substituents is 1. The summed E-state index contributed by atoms with van der Waals surface area (Å²) >= 11 is 5.21. The highest BCUT2D eigenvalue weighted by molar-refractivity contribution is 8.04. The average Bonchev–Trinajstić information content (AvgIpc) is 3.12. The Hall–Kier alpha value is -2.63. The van der Waals surface area contributed by atoms with E-state index in [1.165, 1.54) is 19.1 Å². The summed E-state index contributed by atoms with van der Waals surface area (Å²) in [5, 5.41) is 17.1. The first-order chi connectivity index (χ1) is 15.2. The molecule has 0 spiro atoms. The van der Waals surface area contributed by atoms with Crippen molar-refractivity contribution in [1.82, 2.24) is 4.98 Å². The number of thiazole rings is 1. The predicted octanol–water partition coefficient (Wildman–Crippen LogP) is 5.65. The quantitative estimate of drug-likeness (QED) is 0.172. The molecule has 0 unspecified atom stereocenters. The number of thioether (sulfide) groups is 2. The van der Waals surface area contributed by atoms with Gasteiger partial charge in [0.15, 0.2) is 4.34 Å². The molecule has 11 heteroatoms. The van der Waals surface area contributed by atoms with E-state index in [4.69, 9.17) is 0 Å². The molecule has 2 amide bonds. The van der Waals surface area contributed by atoms with Crippen molar-refractivity contribution in [1.29, 1.82) is 0 Å². The van der Waals surface area contributed by atoms with Crippen LogP contribution in [0.4, 0.5) is 17.1 Å². The van der Waals surface area contributed by atoms with Crippen LogP contribution in [0.15, 0.2) is 40.7 Å². The molecule has 3 aromatic rings. The van der Waals surface area contributed by atoms with Crippen LogP contribution >= 0.6 is 34.9 Å². The third-order valence-corrected chi connectivity index (χ3v) is 7.68. The fourth-order valence-electron chi connectivity index (χ4n) is 2.78. The van der Waals surface area contributed by atoms with E-state index in [2.05, 4.69) is 29.5 Å². The lowest BCUT2D eigenvalue weighted by molar-refractivity contribution is -0.383. The molecule has 0 aliphatic carbocycles. The highest BCUT2D eigenvalue weighted by atomic mass is 32.2. The van der Waals surface area contributed by atoms with Gasteiger partial charge in [-0.1, -0.05) is 25.6 Å². The minimum atomic E-state index is -0.635. The Kier molecular flexibility index (Phi) is 8.10. The summed E-state index contributed by atoms with van der Waals surface area (Å²) in [6, 6.07) is 9.37. The molecule has 0 radical (unpaired) electrons. The molecule has 0 saturated carbocycles. The Balaban J connectivity index is 1.71. The molecule has 8 nitrogen and oxygen atoms in total. The van der Waals surface area contributed by atoms with Crippen molar-refractivity contribution in [3.63, 3.8) is 0 Å². The molecule has 0 saturated heterocycles. The Morgan fingerprint density at radius 1 is 1.16 bits per heavy atom. The SMILES string of the molecule is CC(=O)Nc1ccc(C(=O)Nc2ccc3nc(SCCSC(C)C)sc3c2)cc1[N+](=O)[O-]. The molecule has 2 N–H and O–H groups in total. The van der Waals surface area contributed by atoms with Crippen LogP contribution in [0.2, 0.25) is 0 Å². The minimum absolute atomic E-state index is 0.0435. The van der Waals surface area contributed by atoms with Crippen LogP contribution < -0.4 is 10.6 Å². The van der Waals surface area contributed by atoms with Gasteiger partial charge in [-0.25, -0.2) is 4.98 Å². The van der Waals surface area contributed by atoms with Crippen molar-refractivity contribution in [2.45, 2.75) is 30.4 Å². The molecule has 0 bridgehead atoms. The normalized spacial score (nSPS) is 11.0. The number of aromatic nitrogens is 1. The maximum absolute atomic E-state index is 12.7. The molecule has 1 heterocycles. The van der Waals surface area contributed by atoms with Crippen molar-refractivity contribution in [3.05, 3.63) is 52.1 Å². The third kappa shape index (κ3) is 6.44. The van der Waals surface area contributed by atoms with Crippen molar-refractivity contribution < 1.29 is 14.5 Å². The van der Waals surface area contributed by atoms with Gasteiger partial charge in [0.1, 0.15) is 5.69 Å². The maximum Gasteiger partial charge on any atom is 0.293 e. The van der Waals surface area contributed by atoms with Gasteiger partial charge in [0, 0.05) is 35.7 Å². The summed E-state index contributed by atoms with van der Waals surface area (Å²) in [6.07, 6.45) is 0. The summed E-state index contributed by atoms with van der Waals surface area (Å²) in [5.41, 5.74) is 1.26. The molecule has 0 fully saturated rings. The fourth-order valence-corrected chi connectivity index (χ4v) is 5.80. The van der Waals surface area contributed by atoms with Crippen molar-refractivity contribution >= 4 is 74.0 Å². The highest BCUT2D eigenvalue weighted by Gasteiger charge is 2.18. The number of nitro groups is 1. The van der Waals surface area contributed by atoms with Gasteiger partial charge in [0.25, 0.3) is 11.6 Å². The van der Waals surface area contributed by atoms with Crippen molar-refractivity contribution in [2.24, 2.45) is 0 Å². The Morgan fingerprint density at radius 2 is 1.94 bits per heavy atom. The highest BCUT2D eigenvalue weighted by Crippen LogP contribution is 2.32. The third-order valence-electron chi connectivity index (χ3n) is 4.15. The van der Waals surface area contributed by atoms with Crippen LogP contribution in [0.5, 0.6) is 0 Å². The summed E-state index contributed by atoms with van der Waals surface area (Å²) in [4.78, 5) is 39.2. The maximum atomic E-state index is 12.7. The van der Waals surface area contributed by atoms with E-state index in [1.54, 1.807) is 29.2 Å². The average molecular weight is 491 g/mol. The molecule has 32 heavy (non-hydrogen) atoms. The summed E-state index contributed by atoms with van der Waals surface area (Å²) in [6.45, 7) is 5.62. The zero-order valence-electron chi connectivity index (χ0n) is 17.7. The molecular weight excluding hydrogens is 468 g/mol. The van der Waals surface area contributed by atoms with E-state index in [1.807, 2.05) is 23.9 Å². The predicted molar refractivity (Wildman–Crippen MR) is 133 cm³/mol. The lowest BCUT2D eigenvalue weighted by atomic mass is 10.1. The van der Waals surface area contributed by atoms with Crippen LogP contribution in [0, 0.1) is 10.1 Å². The molecule has 0 aliphatic rings. The second kappa shape index (κ2) is 10.8. The Bertz CT molecular complexity index is 1160. The van der Waals surface area contributed by atoms with E-state index >= 15 is 0 Å². The van der Waals surface area contributed by atoms with Gasteiger partial charge in [-0.3, -0.25) is 19.7 Å². The van der Waals surface area contributed by atoms with Gasteiger partial charge in [-0.05, 0) is 35.6 Å². The topological polar surface area (TPSA) is 114 Å². The number of carbonyl (C=O) groups excluding carboxylic acids is 2. The van der Waals surface area contributed by atoms with Gasteiger partial charge in [-0.15, -0.1) is 11.3 Å². The van der Waals surface area contributed by atoms with Crippen LogP contribution in [-0.2, 0) is 4.79 Å². The first kappa shape index (κ1) is 24.0. The molecule has 2 aromatic carbocycles. The number of benzene rings is 2. The van der Waals surface area contributed by atoms with Gasteiger partial charge in [0.05, 0.1) is 15.1 Å². The number of nitrogens with zero attached hydrogens (tertiary/aromatic N) is 2. The van der Waals surface area contributed by atoms with Gasteiger partial charge in [-0.2, -0.15) is 11.8 Å². The summed E-state index contributed by atoms with van der Waals surface area (Å²) in [5.74, 6) is 1.14. The first-order valence-corrected chi connectivity index (χ1v) is 12.6. The number of anilines is 2. The number of hydrogen-bond acceptors (Lipinski definition) is 8. The number of amides is 2. The van der Waals surface area contributed by atoms with Crippen LogP contribution in [-0.4, -0.2) is 38.5 Å². The van der Waals surface area contributed by atoms with Gasteiger partial charge in [0.2, 0.25) is 5.91 Å². The molecule has 1 aromatic heterocycles. The standard InChI is InChI=1S/C21H22N4O4S3/c1-12(2)30-8-9-31-21-24-17-7-5-15(11-19(17)32-21)23-20(27)14-4-6-16(22-13(3)26)18(10-14)25(28)29/h4-7,10-12H,8-9H2,1-3H3,(H,22,26)(H,23,27). The second-order valence-corrected chi connectivity index (χ2v) is 11.1. The monoisotopic (exact) mass is 490 g/mol. The van der Waals surface area contributed by atoms with Crippen LogP contribution in [0.25, 0.3) is 10.2 Å². The van der Waals surface area contributed by atoms with E-state index in [-0.39, 0.29) is 16.9 Å². The lowest BCUT2D eigenvalue weighted by Crippen LogP contribution is -2.13. The molecular formula is C21H22N4O4S3.